The van der Waals surface area contributed by atoms with E-state index < -0.39 is 0 Å². The van der Waals surface area contributed by atoms with Crippen molar-refractivity contribution in [2.45, 2.75) is 25.7 Å². The number of pyridine rings is 1. The molecule has 0 saturated carbocycles. The van der Waals surface area contributed by atoms with E-state index in [2.05, 4.69) is 52.1 Å². The lowest BCUT2D eigenvalue weighted by molar-refractivity contribution is 0.754. The first-order chi connectivity index (χ1) is 10.4. The molecule has 0 bridgehead atoms. The number of nitriles is 1. The van der Waals surface area contributed by atoms with E-state index in [0.29, 0.717) is 6.42 Å². The van der Waals surface area contributed by atoms with Crippen molar-refractivity contribution in [2.75, 3.05) is 0 Å². The second kappa shape index (κ2) is 6.23. The molecule has 3 heteroatoms. The maximum Gasteiger partial charge on any atom is 0.0639 e. The molecule has 3 rings (SSSR count). The van der Waals surface area contributed by atoms with Crippen LogP contribution < -0.4 is 0 Å². The van der Waals surface area contributed by atoms with Crippen LogP contribution in [0.4, 0.5) is 0 Å². The van der Waals surface area contributed by atoms with Gasteiger partial charge < -0.3 is 4.57 Å². The Balaban J connectivity index is 1.97. The summed E-state index contributed by atoms with van der Waals surface area (Å²) in [6.07, 6.45) is 9.53. The molecule has 0 saturated heterocycles. The number of unbranched alkanes of at least 4 members (excludes halogenated alkanes) is 2. The first-order valence-electron chi connectivity index (χ1n) is 7.26. The van der Waals surface area contributed by atoms with Crippen LogP contribution in [0.2, 0.25) is 0 Å². The summed E-state index contributed by atoms with van der Waals surface area (Å²) >= 11 is 0. The predicted molar refractivity (Wildman–Crippen MR) is 84.2 cm³/mol. The Kier molecular flexibility index (Phi) is 3.97. The molecule has 0 fully saturated rings. The fourth-order valence-electron chi connectivity index (χ4n) is 2.68. The van der Waals surface area contributed by atoms with Gasteiger partial charge in [-0.3, -0.25) is 4.98 Å². The smallest absolute Gasteiger partial charge is 0.0639 e. The molecule has 0 N–H and O–H groups in total. The van der Waals surface area contributed by atoms with Crippen molar-refractivity contribution < 1.29 is 0 Å². The van der Waals surface area contributed by atoms with Gasteiger partial charge in [0.05, 0.1) is 23.5 Å². The number of fused-ring (bicyclic) bond motifs is 1. The average Bonchev–Trinajstić information content (AvgIpc) is 2.92. The van der Waals surface area contributed by atoms with E-state index in [9.17, 15) is 0 Å². The molecule has 0 aliphatic carbocycles. The van der Waals surface area contributed by atoms with Gasteiger partial charge in [0.15, 0.2) is 0 Å². The van der Waals surface area contributed by atoms with Crippen LogP contribution in [0.15, 0.2) is 55.0 Å². The van der Waals surface area contributed by atoms with Crippen molar-refractivity contribution in [3.05, 3.63) is 60.6 Å². The molecular formula is C18H17N3. The Hall–Kier alpha value is -2.60. The molecule has 0 atom stereocenters. The van der Waals surface area contributed by atoms with Gasteiger partial charge in [-0.05, 0) is 43.0 Å². The fourth-order valence-corrected chi connectivity index (χ4v) is 2.68. The van der Waals surface area contributed by atoms with Crippen molar-refractivity contribution >= 4 is 10.9 Å². The monoisotopic (exact) mass is 275 g/mol. The Morgan fingerprint density at radius 1 is 1.10 bits per heavy atom. The summed E-state index contributed by atoms with van der Waals surface area (Å²) in [4.78, 5) is 4.21. The minimum absolute atomic E-state index is 0.640. The maximum absolute atomic E-state index is 8.63. The zero-order valence-electron chi connectivity index (χ0n) is 11.9. The number of para-hydroxylation sites is 1. The van der Waals surface area contributed by atoms with E-state index in [4.69, 9.17) is 5.26 Å². The summed E-state index contributed by atoms with van der Waals surface area (Å²) < 4.78 is 2.20. The van der Waals surface area contributed by atoms with E-state index in [1.807, 2.05) is 12.3 Å². The van der Waals surface area contributed by atoms with E-state index in [0.717, 1.165) is 24.9 Å². The van der Waals surface area contributed by atoms with Crippen LogP contribution in [-0.2, 0) is 6.42 Å². The normalized spacial score (nSPS) is 10.6. The molecule has 0 radical (unpaired) electrons. The number of hydrogen-bond donors (Lipinski definition) is 0. The molecule has 2 aromatic heterocycles. The van der Waals surface area contributed by atoms with E-state index in [1.54, 1.807) is 6.20 Å². The van der Waals surface area contributed by atoms with Gasteiger partial charge in [0.25, 0.3) is 0 Å². The molecule has 0 unspecified atom stereocenters. The fraction of sp³-hybridized carbons (Fsp3) is 0.222. The Morgan fingerprint density at radius 2 is 2.00 bits per heavy atom. The third-order valence-corrected chi connectivity index (χ3v) is 3.70. The molecule has 1 aromatic carbocycles. The lowest BCUT2D eigenvalue weighted by Gasteiger charge is -2.03. The van der Waals surface area contributed by atoms with Crippen LogP contribution in [0.25, 0.3) is 16.6 Å². The molecule has 0 aliphatic rings. The van der Waals surface area contributed by atoms with Crippen molar-refractivity contribution in [3.63, 3.8) is 0 Å². The van der Waals surface area contributed by atoms with Crippen LogP contribution in [0, 0.1) is 11.3 Å². The highest BCUT2D eigenvalue weighted by atomic mass is 15.0. The van der Waals surface area contributed by atoms with Crippen molar-refractivity contribution in [3.8, 4) is 11.8 Å². The second-order valence-corrected chi connectivity index (χ2v) is 5.12. The van der Waals surface area contributed by atoms with Gasteiger partial charge in [-0.25, -0.2) is 0 Å². The molecule has 3 aromatic rings. The maximum atomic E-state index is 8.63. The highest BCUT2D eigenvalue weighted by Gasteiger charge is 2.09. The topological polar surface area (TPSA) is 41.6 Å². The van der Waals surface area contributed by atoms with E-state index in [1.165, 1.54) is 16.5 Å². The van der Waals surface area contributed by atoms with Gasteiger partial charge >= 0.3 is 0 Å². The van der Waals surface area contributed by atoms with Gasteiger partial charge in [-0.15, -0.1) is 0 Å². The summed E-state index contributed by atoms with van der Waals surface area (Å²) in [5, 5.41) is 9.92. The van der Waals surface area contributed by atoms with Gasteiger partial charge in [0, 0.05) is 24.2 Å². The zero-order valence-corrected chi connectivity index (χ0v) is 11.9. The number of nitrogens with zero attached hydrogens (tertiary/aromatic N) is 3. The SMILES string of the molecule is N#CCCCCc1cn(-c2cccnc2)c2ccccc12. The molecule has 104 valence electrons. The van der Waals surface area contributed by atoms with E-state index in [-0.39, 0.29) is 0 Å². The van der Waals surface area contributed by atoms with Gasteiger partial charge in [-0.2, -0.15) is 5.26 Å². The van der Waals surface area contributed by atoms with Crippen molar-refractivity contribution in [2.24, 2.45) is 0 Å². The van der Waals surface area contributed by atoms with Crippen LogP contribution in [0.5, 0.6) is 0 Å². The number of benzene rings is 1. The van der Waals surface area contributed by atoms with Crippen LogP contribution in [0.3, 0.4) is 0 Å². The van der Waals surface area contributed by atoms with Crippen molar-refractivity contribution in [1.82, 2.24) is 9.55 Å². The largest absolute Gasteiger partial charge is 0.315 e. The Morgan fingerprint density at radius 3 is 2.81 bits per heavy atom. The molecule has 3 nitrogen and oxygen atoms in total. The number of aryl methyl sites for hydroxylation is 1. The van der Waals surface area contributed by atoms with Crippen molar-refractivity contribution in [1.29, 1.82) is 5.26 Å². The third-order valence-electron chi connectivity index (χ3n) is 3.70. The van der Waals surface area contributed by atoms with Crippen LogP contribution >= 0.6 is 0 Å². The number of rotatable bonds is 5. The lowest BCUT2D eigenvalue weighted by Crippen LogP contribution is -1.91. The van der Waals surface area contributed by atoms with E-state index >= 15 is 0 Å². The average molecular weight is 275 g/mol. The highest BCUT2D eigenvalue weighted by Crippen LogP contribution is 2.25. The molecule has 0 spiro atoms. The second-order valence-electron chi connectivity index (χ2n) is 5.12. The summed E-state index contributed by atoms with van der Waals surface area (Å²) in [6.45, 7) is 0. The van der Waals surface area contributed by atoms with Gasteiger partial charge in [0.2, 0.25) is 0 Å². The molecule has 0 aliphatic heterocycles. The summed E-state index contributed by atoms with van der Waals surface area (Å²) in [5.74, 6) is 0. The minimum atomic E-state index is 0.640. The third kappa shape index (κ3) is 2.80. The number of hydrogen-bond acceptors (Lipinski definition) is 2. The quantitative estimate of drug-likeness (QED) is 0.653. The zero-order chi connectivity index (χ0) is 14.5. The lowest BCUT2D eigenvalue weighted by atomic mass is 10.1. The molecule has 21 heavy (non-hydrogen) atoms. The van der Waals surface area contributed by atoms with Gasteiger partial charge in [-0.1, -0.05) is 18.2 Å². The number of aromatic nitrogens is 2. The first kappa shape index (κ1) is 13.4. The minimum Gasteiger partial charge on any atom is -0.315 e. The Bertz CT molecular complexity index is 766. The molecular weight excluding hydrogens is 258 g/mol. The molecule has 0 amide bonds. The standard InChI is InChI=1S/C18H17N3/c19-11-5-1-2-7-15-14-21(16-8-6-12-20-13-16)18-10-4-3-9-17(15)18/h3-4,6,8-10,12-14H,1-2,5,7H2. The van der Waals surface area contributed by atoms with Gasteiger partial charge in [0.1, 0.15) is 0 Å². The Labute approximate surface area is 124 Å². The van der Waals surface area contributed by atoms with Crippen LogP contribution in [0.1, 0.15) is 24.8 Å². The summed E-state index contributed by atoms with van der Waals surface area (Å²) in [5.41, 5.74) is 3.63. The summed E-state index contributed by atoms with van der Waals surface area (Å²) in [7, 11) is 0. The molecule has 2 heterocycles. The first-order valence-corrected chi connectivity index (χ1v) is 7.26. The summed E-state index contributed by atoms with van der Waals surface area (Å²) in [6, 6.07) is 14.7. The highest BCUT2D eigenvalue weighted by molar-refractivity contribution is 5.85. The van der Waals surface area contributed by atoms with Crippen LogP contribution in [-0.4, -0.2) is 9.55 Å². The predicted octanol–water partition coefficient (Wildman–Crippen LogP) is 4.26.